The summed E-state index contributed by atoms with van der Waals surface area (Å²) in [4.78, 5) is 24.9. The maximum atomic E-state index is 11.9. The molecule has 1 N–H and O–H groups in total. The Hall–Kier alpha value is -1.32. The smallest absolute Gasteiger partial charge is 0.326 e. The largest absolute Gasteiger partial charge is 0.480 e. The second kappa shape index (κ2) is 4.17. The van der Waals surface area contributed by atoms with Gasteiger partial charge in [0.25, 0.3) is 0 Å². The van der Waals surface area contributed by atoms with Crippen molar-refractivity contribution in [2.45, 2.75) is 45.6 Å². The molecule has 1 saturated heterocycles. The van der Waals surface area contributed by atoms with E-state index in [4.69, 9.17) is 5.11 Å². The zero-order valence-corrected chi connectivity index (χ0v) is 10.4. The molecular weight excluding hydrogens is 218 g/mol. The summed E-state index contributed by atoms with van der Waals surface area (Å²) < 4.78 is 0. The molecule has 0 bridgehead atoms. The van der Waals surface area contributed by atoms with Crippen molar-refractivity contribution >= 4 is 11.8 Å². The average molecular weight is 237 g/mol. The fourth-order valence-electron chi connectivity index (χ4n) is 2.58. The second-order valence-corrected chi connectivity index (χ2v) is 5.57. The molecule has 1 aliphatic heterocycles. The van der Waals surface area contributed by atoms with Gasteiger partial charge in [0.05, 0.1) is 0 Å². The maximum Gasteiger partial charge on any atom is 0.326 e. The Labute approximate surface area is 101 Å². The Morgan fingerprint density at radius 2 is 2.24 bits per heavy atom. The molecule has 1 aliphatic carbocycles. The van der Waals surface area contributed by atoms with Gasteiger partial charge in [-0.2, -0.15) is 0 Å². The lowest BCUT2D eigenvalue weighted by atomic mass is 9.78. The minimum Gasteiger partial charge on any atom is -0.480 e. The van der Waals surface area contributed by atoms with Crippen LogP contribution in [0.4, 0.5) is 0 Å². The Balaban J connectivity index is 2.19. The van der Waals surface area contributed by atoms with Crippen molar-refractivity contribution < 1.29 is 14.7 Å². The highest BCUT2D eigenvalue weighted by molar-refractivity contribution is 5.95. The van der Waals surface area contributed by atoms with Crippen molar-refractivity contribution in [3.8, 4) is 0 Å². The van der Waals surface area contributed by atoms with E-state index in [1.54, 1.807) is 6.08 Å². The standard InChI is InChI=1S/C13H19NO3/c1-13(2)6-5-9(8-11(13)15)14-7-3-4-10(14)12(16)17/h8,10H,3-7H2,1-2H3,(H,16,17)/t10-/m0/s1. The topological polar surface area (TPSA) is 57.6 Å². The predicted molar refractivity (Wildman–Crippen MR) is 63.5 cm³/mol. The van der Waals surface area contributed by atoms with Crippen molar-refractivity contribution in [2.75, 3.05) is 6.54 Å². The maximum absolute atomic E-state index is 11.9. The Bertz CT molecular complexity index is 384. The quantitative estimate of drug-likeness (QED) is 0.795. The Morgan fingerprint density at radius 3 is 2.82 bits per heavy atom. The van der Waals surface area contributed by atoms with Crippen molar-refractivity contribution in [2.24, 2.45) is 5.41 Å². The van der Waals surface area contributed by atoms with E-state index in [-0.39, 0.29) is 11.2 Å². The van der Waals surface area contributed by atoms with Gasteiger partial charge in [-0.05, 0) is 25.7 Å². The van der Waals surface area contributed by atoms with Gasteiger partial charge in [-0.1, -0.05) is 13.8 Å². The summed E-state index contributed by atoms with van der Waals surface area (Å²) in [6.07, 6.45) is 4.85. The SMILES string of the molecule is CC1(C)CCC(N2CCC[C@H]2C(=O)O)=CC1=O. The first-order valence-corrected chi connectivity index (χ1v) is 6.16. The lowest BCUT2D eigenvalue weighted by molar-refractivity contribution is -0.141. The molecule has 0 amide bonds. The highest BCUT2D eigenvalue weighted by atomic mass is 16.4. The number of aliphatic carboxylic acids is 1. The molecule has 1 heterocycles. The number of allylic oxidation sites excluding steroid dienone is 2. The third-order valence-electron chi connectivity index (χ3n) is 3.88. The highest BCUT2D eigenvalue weighted by Gasteiger charge is 2.36. The van der Waals surface area contributed by atoms with Crippen molar-refractivity contribution in [3.63, 3.8) is 0 Å². The molecule has 0 saturated carbocycles. The van der Waals surface area contributed by atoms with Gasteiger partial charge in [-0.15, -0.1) is 0 Å². The predicted octanol–water partition coefficient (Wildman–Crippen LogP) is 1.81. The molecule has 0 aromatic heterocycles. The van der Waals surface area contributed by atoms with Crippen LogP contribution in [0.25, 0.3) is 0 Å². The van der Waals surface area contributed by atoms with Crippen LogP contribution in [-0.4, -0.2) is 34.3 Å². The molecular formula is C13H19NO3. The average Bonchev–Trinajstić information content (AvgIpc) is 2.71. The molecule has 1 fully saturated rings. The minimum atomic E-state index is -0.777. The molecule has 0 aromatic rings. The number of likely N-dealkylation sites (tertiary alicyclic amines) is 1. The number of nitrogens with zero attached hydrogens (tertiary/aromatic N) is 1. The van der Waals surface area contributed by atoms with Gasteiger partial charge in [0.1, 0.15) is 6.04 Å². The van der Waals surface area contributed by atoms with Crippen LogP contribution in [-0.2, 0) is 9.59 Å². The molecule has 0 spiro atoms. The van der Waals surface area contributed by atoms with Crippen LogP contribution in [0.1, 0.15) is 39.5 Å². The fraction of sp³-hybridized carbons (Fsp3) is 0.692. The van der Waals surface area contributed by atoms with Crippen LogP contribution < -0.4 is 0 Å². The Kier molecular flexibility index (Phi) is 2.98. The highest BCUT2D eigenvalue weighted by Crippen LogP contribution is 2.35. The lowest BCUT2D eigenvalue weighted by Crippen LogP contribution is -2.38. The number of ketones is 1. The molecule has 17 heavy (non-hydrogen) atoms. The van der Waals surface area contributed by atoms with E-state index in [1.807, 2.05) is 18.7 Å². The molecule has 0 unspecified atom stereocenters. The van der Waals surface area contributed by atoms with E-state index in [0.29, 0.717) is 6.42 Å². The number of carbonyl (C=O) groups is 2. The third kappa shape index (κ3) is 2.21. The van der Waals surface area contributed by atoms with Gasteiger partial charge < -0.3 is 10.0 Å². The van der Waals surface area contributed by atoms with Gasteiger partial charge in [-0.25, -0.2) is 4.79 Å². The van der Waals surface area contributed by atoms with E-state index in [2.05, 4.69) is 0 Å². The molecule has 2 aliphatic rings. The number of carbonyl (C=O) groups excluding carboxylic acids is 1. The molecule has 94 valence electrons. The van der Waals surface area contributed by atoms with Crippen molar-refractivity contribution in [3.05, 3.63) is 11.8 Å². The van der Waals surface area contributed by atoms with Gasteiger partial charge in [0, 0.05) is 23.7 Å². The van der Waals surface area contributed by atoms with Crippen LogP contribution in [0.5, 0.6) is 0 Å². The molecule has 2 rings (SSSR count). The lowest BCUT2D eigenvalue weighted by Gasteiger charge is -2.33. The van der Waals surface area contributed by atoms with Crippen LogP contribution >= 0.6 is 0 Å². The molecule has 0 aromatic carbocycles. The van der Waals surface area contributed by atoms with Gasteiger partial charge >= 0.3 is 5.97 Å². The first kappa shape index (κ1) is 12.1. The van der Waals surface area contributed by atoms with Gasteiger partial charge in [-0.3, -0.25) is 4.79 Å². The number of rotatable bonds is 2. The van der Waals surface area contributed by atoms with E-state index >= 15 is 0 Å². The zero-order chi connectivity index (χ0) is 12.6. The van der Waals surface area contributed by atoms with Crippen LogP contribution in [0.2, 0.25) is 0 Å². The minimum absolute atomic E-state index is 0.120. The summed E-state index contributed by atoms with van der Waals surface area (Å²) in [5, 5.41) is 9.13. The summed E-state index contributed by atoms with van der Waals surface area (Å²) >= 11 is 0. The monoisotopic (exact) mass is 237 g/mol. The van der Waals surface area contributed by atoms with Gasteiger partial charge in [0.15, 0.2) is 5.78 Å². The van der Waals surface area contributed by atoms with Crippen LogP contribution in [0, 0.1) is 5.41 Å². The number of carboxylic acids is 1. The summed E-state index contributed by atoms with van der Waals surface area (Å²) in [7, 11) is 0. The van der Waals surface area contributed by atoms with Crippen LogP contribution in [0.15, 0.2) is 11.8 Å². The number of hydrogen-bond donors (Lipinski definition) is 1. The van der Waals surface area contributed by atoms with E-state index < -0.39 is 12.0 Å². The van der Waals surface area contributed by atoms with Crippen LogP contribution in [0.3, 0.4) is 0 Å². The first-order valence-electron chi connectivity index (χ1n) is 6.16. The van der Waals surface area contributed by atoms with Crippen molar-refractivity contribution in [1.82, 2.24) is 4.90 Å². The molecule has 0 radical (unpaired) electrons. The van der Waals surface area contributed by atoms with E-state index in [0.717, 1.165) is 31.5 Å². The molecule has 1 atom stereocenters. The first-order chi connectivity index (χ1) is 7.92. The summed E-state index contributed by atoms with van der Waals surface area (Å²) in [5.41, 5.74) is 0.626. The van der Waals surface area contributed by atoms with Gasteiger partial charge in [0.2, 0.25) is 0 Å². The van der Waals surface area contributed by atoms with Crippen molar-refractivity contribution in [1.29, 1.82) is 0 Å². The summed E-state index contributed by atoms with van der Waals surface area (Å²) in [6, 6.07) is -0.435. The zero-order valence-electron chi connectivity index (χ0n) is 10.4. The molecule has 4 nitrogen and oxygen atoms in total. The van der Waals surface area contributed by atoms with E-state index in [9.17, 15) is 9.59 Å². The summed E-state index contributed by atoms with van der Waals surface area (Å²) in [5.74, 6) is -0.657. The number of carboxylic acid groups (broad SMARTS) is 1. The van der Waals surface area contributed by atoms with E-state index in [1.165, 1.54) is 0 Å². The molecule has 4 heteroatoms. The second-order valence-electron chi connectivity index (χ2n) is 5.57. The fourth-order valence-corrected chi connectivity index (χ4v) is 2.58. The normalized spacial score (nSPS) is 28.1. The third-order valence-corrected chi connectivity index (χ3v) is 3.88. The summed E-state index contributed by atoms with van der Waals surface area (Å²) in [6.45, 7) is 4.65. The number of hydrogen-bond acceptors (Lipinski definition) is 3. The Morgan fingerprint density at radius 1 is 1.53 bits per heavy atom.